The standard InChI is InChI=1S/C8H12ClNO4/c9-4-1-5-10-6(8(13)14)2-3-7(11)12/h1,4,6,10H,2-3,5H2,(H,11,12)(H,13,14)/t6-/m0/s1. The average Bonchev–Trinajstić information content (AvgIpc) is 2.10. The zero-order chi connectivity index (χ0) is 11.0. The molecule has 0 fully saturated rings. The summed E-state index contributed by atoms with van der Waals surface area (Å²) in [5, 5.41) is 19.7. The van der Waals surface area contributed by atoms with Crippen LogP contribution in [0.25, 0.3) is 0 Å². The molecular formula is C8H12ClNO4. The Balaban J connectivity index is 3.89. The maximum Gasteiger partial charge on any atom is 0.320 e. The average molecular weight is 222 g/mol. The summed E-state index contributed by atoms with van der Waals surface area (Å²) < 4.78 is 0. The van der Waals surface area contributed by atoms with Crippen molar-refractivity contribution in [2.75, 3.05) is 6.54 Å². The first kappa shape index (κ1) is 12.9. The molecule has 5 nitrogen and oxygen atoms in total. The predicted molar refractivity (Wildman–Crippen MR) is 51.3 cm³/mol. The van der Waals surface area contributed by atoms with Gasteiger partial charge in [0.25, 0.3) is 0 Å². The van der Waals surface area contributed by atoms with Crippen molar-refractivity contribution in [2.24, 2.45) is 0 Å². The molecule has 0 aliphatic rings. The van der Waals surface area contributed by atoms with Crippen LogP contribution < -0.4 is 5.32 Å². The summed E-state index contributed by atoms with van der Waals surface area (Å²) in [5.74, 6) is -2.07. The lowest BCUT2D eigenvalue weighted by molar-refractivity contribution is -0.140. The summed E-state index contributed by atoms with van der Waals surface area (Å²) in [6, 6.07) is -0.848. The van der Waals surface area contributed by atoms with E-state index >= 15 is 0 Å². The van der Waals surface area contributed by atoms with E-state index in [2.05, 4.69) is 5.32 Å². The lowest BCUT2D eigenvalue weighted by Crippen LogP contribution is -2.37. The smallest absolute Gasteiger partial charge is 0.320 e. The molecule has 0 aliphatic carbocycles. The number of hydrogen-bond donors (Lipinski definition) is 3. The number of halogens is 1. The van der Waals surface area contributed by atoms with Crippen molar-refractivity contribution in [1.29, 1.82) is 0 Å². The predicted octanol–water partition coefficient (Wildman–Crippen LogP) is 0.646. The van der Waals surface area contributed by atoms with Gasteiger partial charge >= 0.3 is 11.9 Å². The van der Waals surface area contributed by atoms with E-state index in [1.54, 1.807) is 0 Å². The molecule has 14 heavy (non-hydrogen) atoms. The molecule has 0 aromatic heterocycles. The highest BCUT2D eigenvalue weighted by Gasteiger charge is 2.16. The molecule has 0 heterocycles. The van der Waals surface area contributed by atoms with Crippen LogP contribution >= 0.6 is 11.6 Å². The number of hydrogen-bond acceptors (Lipinski definition) is 3. The van der Waals surface area contributed by atoms with E-state index in [9.17, 15) is 9.59 Å². The van der Waals surface area contributed by atoms with E-state index in [0.29, 0.717) is 6.54 Å². The molecule has 0 amide bonds. The third-order valence-electron chi connectivity index (χ3n) is 1.52. The van der Waals surface area contributed by atoms with E-state index in [1.807, 2.05) is 0 Å². The van der Waals surface area contributed by atoms with Crippen LogP contribution in [-0.2, 0) is 9.59 Å². The molecule has 1 atom stereocenters. The van der Waals surface area contributed by atoms with Gasteiger partial charge < -0.3 is 15.5 Å². The van der Waals surface area contributed by atoms with Crippen molar-refractivity contribution >= 4 is 23.5 Å². The fourth-order valence-corrected chi connectivity index (χ4v) is 0.925. The minimum atomic E-state index is -1.06. The maximum absolute atomic E-state index is 10.6. The lowest BCUT2D eigenvalue weighted by Gasteiger charge is -2.11. The third-order valence-corrected chi connectivity index (χ3v) is 1.69. The van der Waals surface area contributed by atoms with Gasteiger partial charge in [-0.2, -0.15) is 0 Å². The molecule has 0 aromatic carbocycles. The van der Waals surface area contributed by atoms with E-state index in [1.165, 1.54) is 11.6 Å². The molecule has 0 spiro atoms. The molecule has 0 saturated carbocycles. The summed E-state index contributed by atoms with van der Waals surface area (Å²) >= 11 is 5.23. The summed E-state index contributed by atoms with van der Waals surface area (Å²) in [5.41, 5.74) is 1.27. The van der Waals surface area contributed by atoms with E-state index in [-0.39, 0.29) is 12.8 Å². The van der Waals surface area contributed by atoms with Crippen molar-refractivity contribution in [3.63, 3.8) is 0 Å². The Morgan fingerprint density at radius 1 is 1.43 bits per heavy atom. The van der Waals surface area contributed by atoms with Crippen LogP contribution in [0.4, 0.5) is 0 Å². The Morgan fingerprint density at radius 2 is 2.07 bits per heavy atom. The second kappa shape index (κ2) is 7.34. The maximum atomic E-state index is 10.6. The minimum Gasteiger partial charge on any atom is -0.481 e. The summed E-state index contributed by atoms with van der Waals surface area (Å²) in [7, 11) is 0. The second-order valence-corrected chi connectivity index (χ2v) is 2.85. The van der Waals surface area contributed by atoms with Crippen LogP contribution in [0.1, 0.15) is 12.8 Å². The zero-order valence-electron chi connectivity index (χ0n) is 7.44. The number of rotatable bonds is 7. The molecule has 0 rings (SSSR count). The van der Waals surface area contributed by atoms with Gasteiger partial charge in [0.1, 0.15) is 6.04 Å². The van der Waals surface area contributed by atoms with Crippen LogP contribution in [0.3, 0.4) is 0 Å². The van der Waals surface area contributed by atoms with Crippen molar-refractivity contribution in [2.45, 2.75) is 18.9 Å². The molecule has 0 radical (unpaired) electrons. The van der Waals surface area contributed by atoms with Gasteiger partial charge in [-0.25, -0.2) is 0 Å². The molecule has 0 saturated heterocycles. The van der Waals surface area contributed by atoms with Gasteiger partial charge in [-0.1, -0.05) is 17.7 Å². The Morgan fingerprint density at radius 3 is 2.50 bits per heavy atom. The van der Waals surface area contributed by atoms with Gasteiger partial charge in [0.15, 0.2) is 0 Å². The number of carbonyl (C=O) groups is 2. The van der Waals surface area contributed by atoms with Gasteiger partial charge in [0, 0.05) is 18.5 Å². The normalized spacial score (nSPS) is 12.9. The Bertz CT molecular complexity index is 229. The molecular weight excluding hydrogens is 210 g/mol. The largest absolute Gasteiger partial charge is 0.481 e. The number of nitrogens with one attached hydrogen (secondary N) is 1. The van der Waals surface area contributed by atoms with Crippen LogP contribution in [0.15, 0.2) is 11.6 Å². The quantitative estimate of drug-likeness (QED) is 0.588. The molecule has 6 heteroatoms. The highest BCUT2D eigenvalue weighted by Crippen LogP contribution is 1.97. The second-order valence-electron chi connectivity index (χ2n) is 2.59. The Labute approximate surface area is 86.4 Å². The van der Waals surface area contributed by atoms with Gasteiger partial charge in [-0.15, -0.1) is 0 Å². The van der Waals surface area contributed by atoms with Crippen LogP contribution in [0.5, 0.6) is 0 Å². The highest BCUT2D eigenvalue weighted by atomic mass is 35.5. The zero-order valence-corrected chi connectivity index (χ0v) is 8.20. The van der Waals surface area contributed by atoms with Crippen LogP contribution in [0.2, 0.25) is 0 Å². The SMILES string of the molecule is O=C(O)CC[C@H](NCC=CCl)C(=O)O. The minimum absolute atomic E-state index is 0.0563. The first-order chi connectivity index (χ1) is 6.57. The fourth-order valence-electron chi connectivity index (χ4n) is 0.836. The molecule has 0 aliphatic heterocycles. The van der Waals surface area contributed by atoms with E-state index in [4.69, 9.17) is 21.8 Å². The summed E-state index contributed by atoms with van der Waals surface area (Å²) in [6.45, 7) is 0.306. The molecule has 0 unspecified atom stereocenters. The van der Waals surface area contributed by atoms with Crippen molar-refractivity contribution < 1.29 is 19.8 Å². The van der Waals surface area contributed by atoms with Crippen molar-refractivity contribution in [3.8, 4) is 0 Å². The number of carboxylic acid groups (broad SMARTS) is 2. The lowest BCUT2D eigenvalue weighted by atomic mass is 10.1. The number of aliphatic carboxylic acids is 2. The van der Waals surface area contributed by atoms with Crippen LogP contribution in [0, 0.1) is 0 Å². The highest BCUT2D eigenvalue weighted by molar-refractivity contribution is 6.25. The summed E-state index contributed by atoms with van der Waals surface area (Å²) in [6.07, 6.45) is 1.42. The van der Waals surface area contributed by atoms with Crippen molar-refractivity contribution in [1.82, 2.24) is 5.32 Å². The molecule has 0 bridgehead atoms. The monoisotopic (exact) mass is 221 g/mol. The third kappa shape index (κ3) is 6.45. The van der Waals surface area contributed by atoms with Crippen molar-refractivity contribution in [3.05, 3.63) is 11.6 Å². The first-order valence-electron chi connectivity index (χ1n) is 4.01. The Hall–Kier alpha value is -1.07. The van der Waals surface area contributed by atoms with Gasteiger partial charge in [0.05, 0.1) is 0 Å². The van der Waals surface area contributed by atoms with Gasteiger partial charge in [-0.05, 0) is 6.42 Å². The van der Waals surface area contributed by atoms with E-state index < -0.39 is 18.0 Å². The topological polar surface area (TPSA) is 86.6 Å². The Kier molecular flexibility index (Phi) is 6.78. The van der Waals surface area contributed by atoms with Gasteiger partial charge in [-0.3, -0.25) is 9.59 Å². The van der Waals surface area contributed by atoms with Gasteiger partial charge in [0.2, 0.25) is 0 Å². The first-order valence-corrected chi connectivity index (χ1v) is 4.44. The summed E-state index contributed by atoms with van der Waals surface area (Å²) in [4.78, 5) is 20.8. The number of carboxylic acids is 2. The van der Waals surface area contributed by atoms with Crippen LogP contribution in [-0.4, -0.2) is 34.7 Å². The molecule has 80 valence electrons. The van der Waals surface area contributed by atoms with E-state index in [0.717, 1.165) is 0 Å². The molecule has 0 aromatic rings. The fraction of sp³-hybridized carbons (Fsp3) is 0.500. The molecule has 3 N–H and O–H groups in total.